The molecule has 0 aromatic heterocycles. The standard InChI is InChI=1S/C26H53N9O3/c1-23(2,3)32-34-25(7,8)30-21(37)28-17-14-12-11-13-16-20(36)27-18-15-19-29-22(38)31-26(9,10)35-33-24(4,5)6/h11-19H2,1-10H3,(H,27,36)(H2,28,30,37)(H2,29,31,38)/b34-32+,35-33+. The molecule has 5 N–H and O–H groups in total. The van der Waals surface area contributed by atoms with Gasteiger partial charge in [0.15, 0.2) is 0 Å². The first-order valence-corrected chi connectivity index (χ1v) is 13.6. The Balaban J connectivity index is 3.85. The van der Waals surface area contributed by atoms with Crippen LogP contribution in [0.2, 0.25) is 0 Å². The molecule has 0 radical (unpaired) electrons. The van der Waals surface area contributed by atoms with E-state index in [1.165, 1.54) is 0 Å². The highest BCUT2D eigenvalue weighted by Crippen LogP contribution is 2.13. The topological polar surface area (TPSA) is 161 Å². The van der Waals surface area contributed by atoms with Crippen molar-refractivity contribution < 1.29 is 14.4 Å². The normalized spacial score (nSPS) is 13.0. The van der Waals surface area contributed by atoms with E-state index in [1.807, 2.05) is 41.5 Å². The fraction of sp³-hybridized carbons (Fsp3) is 0.885. The van der Waals surface area contributed by atoms with Crippen molar-refractivity contribution in [2.75, 3.05) is 19.6 Å². The lowest BCUT2D eigenvalue weighted by atomic mass is 10.1. The van der Waals surface area contributed by atoms with Crippen LogP contribution in [0.4, 0.5) is 9.59 Å². The minimum atomic E-state index is -0.802. The molecule has 0 aromatic carbocycles. The van der Waals surface area contributed by atoms with Gasteiger partial charge in [0.25, 0.3) is 0 Å². The minimum absolute atomic E-state index is 0.00216. The van der Waals surface area contributed by atoms with E-state index in [-0.39, 0.29) is 29.0 Å². The second-order valence-corrected chi connectivity index (χ2v) is 12.5. The number of carbonyl (C=O) groups is 3. The summed E-state index contributed by atoms with van der Waals surface area (Å²) in [4.78, 5) is 36.1. The van der Waals surface area contributed by atoms with Crippen LogP contribution in [0.25, 0.3) is 0 Å². The molecule has 5 amide bonds. The number of azo groups is 2. The van der Waals surface area contributed by atoms with Gasteiger partial charge in [0.05, 0.1) is 11.1 Å². The Morgan fingerprint density at radius 3 is 1.34 bits per heavy atom. The van der Waals surface area contributed by atoms with Crippen molar-refractivity contribution in [3.8, 4) is 0 Å². The molecule has 38 heavy (non-hydrogen) atoms. The van der Waals surface area contributed by atoms with Gasteiger partial charge in [-0.25, -0.2) is 9.59 Å². The minimum Gasteiger partial charge on any atom is -0.356 e. The van der Waals surface area contributed by atoms with Crippen molar-refractivity contribution in [1.29, 1.82) is 0 Å². The first kappa shape index (κ1) is 35.2. The number of hydrogen-bond donors (Lipinski definition) is 5. The third-order valence-corrected chi connectivity index (χ3v) is 4.62. The summed E-state index contributed by atoms with van der Waals surface area (Å²) in [6.45, 7) is 20.3. The zero-order valence-electron chi connectivity index (χ0n) is 25.4. The SMILES string of the molecule is CC(C)(C)/N=N/C(C)(C)NC(=O)NCCCCCCC(=O)NCCCNC(=O)NC(C)(C)/N=N/C(C)(C)C. The zero-order chi connectivity index (χ0) is 29.5. The third-order valence-electron chi connectivity index (χ3n) is 4.62. The van der Waals surface area contributed by atoms with E-state index in [4.69, 9.17) is 0 Å². The fourth-order valence-electron chi connectivity index (χ4n) is 2.82. The van der Waals surface area contributed by atoms with Gasteiger partial charge in [-0.1, -0.05) is 12.8 Å². The van der Waals surface area contributed by atoms with Crippen molar-refractivity contribution >= 4 is 18.0 Å². The molecule has 0 rings (SSSR count). The van der Waals surface area contributed by atoms with Crippen LogP contribution in [-0.4, -0.2) is 60.0 Å². The van der Waals surface area contributed by atoms with E-state index in [9.17, 15) is 14.4 Å². The molecule has 12 nitrogen and oxygen atoms in total. The molecule has 0 saturated heterocycles. The van der Waals surface area contributed by atoms with Gasteiger partial charge in [0.2, 0.25) is 5.91 Å². The summed E-state index contributed by atoms with van der Waals surface area (Å²) in [7, 11) is 0. The van der Waals surface area contributed by atoms with E-state index in [1.54, 1.807) is 27.7 Å². The average molecular weight is 540 g/mol. The molecule has 0 aliphatic carbocycles. The molecule has 0 spiro atoms. The highest BCUT2D eigenvalue weighted by atomic mass is 16.2. The summed E-state index contributed by atoms with van der Waals surface area (Å²) in [5.41, 5.74) is -2.17. The molecule has 12 heteroatoms. The van der Waals surface area contributed by atoms with Crippen LogP contribution < -0.4 is 26.6 Å². The molecular formula is C26H53N9O3. The highest BCUT2D eigenvalue weighted by molar-refractivity contribution is 5.76. The van der Waals surface area contributed by atoms with Gasteiger partial charge in [-0.05, 0) is 88.5 Å². The van der Waals surface area contributed by atoms with Gasteiger partial charge < -0.3 is 26.6 Å². The maximum absolute atomic E-state index is 12.1. The number of carbonyl (C=O) groups excluding carboxylic acids is 3. The molecule has 0 unspecified atom stereocenters. The Morgan fingerprint density at radius 1 is 0.500 bits per heavy atom. The van der Waals surface area contributed by atoms with Crippen LogP contribution in [-0.2, 0) is 4.79 Å². The summed E-state index contributed by atoms with van der Waals surface area (Å²) in [6, 6.07) is -0.597. The van der Waals surface area contributed by atoms with Gasteiger partial charge in [0, 0.05) is 26.1 Å². The lowest BCUT2D eigenvalue weighted by Gasteiger charge is -2.22. The Labute approximate surface area is 229 Å². The Bertz CT molecular complexity index is 795. The van der Waals surface area contributed by atoms with E-state index >= 15 is 0 Å². The van der Waals surface area contributed by atoms with E-state index in [0.29, 0.717) is 32.5 Å². The summed E-state index contributed by atoms with van der Waals surface area (Å²) < 4.78 is 0. The Kier molecular flexibility index (Phi) is 15.0. The molecule has 0 atom stereocenters. The molecule has 0 saturated carbocycles. The number of hydrogen-bond acceptors (Lipinski definition) is 7. The first-order valence-electron chi connectivity index (χ1n) is 13.6. The van der Waals surface area contributed by atoms with Crippen molar-refractivity contribution in [2.45, 2.75) is 130 Å². The number of urea groups is 2. The van der Waals surface area contributed by atoms with Crippen LogP contribution in [0.5, 0.6) is 0 Å². The van der Waals surface area contributed by atoms with E-state index < -0.39 is 11.3 Å². The van der Waals surface area contributed by atoms with Gasteiger partial charge in [-0.2, -0.15) is 20.5 Å². The zero-order valence-corrected chi connectivity index (χ0v) is 25.4. The van der Waals surface area contributed by atoms with Crippen LogP contribution in [0.1, 0.15) is 108 Å². The van der Waals surface area contributed by atoms with E-state index in [0.717, 1.165) is 25.7 Å². The average Bonchev–Trinajstić information content (AvgIpc) is 2.74. The van der Waals surface area contributed by atoms with Gasteiger partial charge in [-0.3, -0.25) is 4.79 Å². The lowest BCUT2D eigenvalue weighted by Crippen LogP contribution is -2.47. The summed E-state index contributed by atoms with van der Waals surface area (Å²) in [5, 5.41) is 30.8. The molecule has 0 bridgehead atoms. The fourth-order valence-corrected chi connectivity index (χ4v) is 2.82. The van der Waals surface area contributed by atoms with Crippen LogP contribution in [0.3, 0.4) is 0 Å². The molecule has 0 aromatic rings. The second kappa shape index (κ2) is 16.2. The Hall–Kier alpha value is -2.79. The predicted octanol–water partition coefficient (Wildman–Crippen LogP) is 5.02. The van der Waals surface area contributed by atoms with Gasteiger partial charge in [-0.15, -0.1) is 0 Å². The van der Waals surface area contributed by atoms with Crippen molar-refractivity contribution in [2.24, 2.45) is 20.5 Å². The number of amides is 5. The van der Waals surface area contributed by atoms with Crippen LogP contribution in [0.15, 0.2) is 20.5 Å². The maximum atomic E-state index is 12.1. The molecule has 0 heterocycles. The Morgan fingerprint density at radius 2 is 0.895 bits per heavy atom. The second-order valence-electron chi connectivity index (χ2n) is 12.5. The quantitative estimate of drug-likeness (QED) is 0.146. The van der Waals surface area contributed by atoms with Crippen molar-refractivity contribution in [3.05, 3.63) is 0 Å². The number of nitrogens with one attached hydrogen (secondary N) is 5. The van der Waals surface area contributed by atoms with E-state index in [2.05, 4.69) is 47.0 Å². The summed E-state index contributed by atoms with van der Waals surface area (Å²) in [5.74, 6) is 0.00216. The molecule has 0 fully saturated rings. The monoisotopic (exact) mass is 539 g/mol. The maximum Gasteiger partial charge on any atom is 0.316 e. The number of unbranched alkanes of at least 4 members (excludes halogenated alkanes) is 3. The van der Waals surface area contributed by atoms with Crippen LogP contribution >= 0.6 is 0 Å². The summed E-state index contributed by atoms with van der Waals surface area (Å²) >= 11 is 0. The number of nitrogens with zero attached hydrogens (tertiary/aromatic N) is 4. The lowest BCUT2D eigenvalue weighted by molar-refractivity contribution is -0.121. The van der Waals surface area contributed by atoms with Gasteiger partial charge in [0.1, 0.15) is 11.3 Å². The summed E-state index contributed by atoms with van der Waals surface area (Å²) in [6.07, 6.45) is 4.54. The molecule has 0 aliphatic rings. The van der Waals surface area contributed by atoms with Gasteiger partial charge >= 0.3 is 12.1 Å². The molecule has 0 aliphatic heterocycles. The highest BCUT2D eigenvalue weighted by Gasteiger charge is 2.21. The first-order chi connectivity index (χ1) is 17.3. The van der Waals surface area contributed by atoms with Crippen LogP contribution in [0, 0.1) is 0 Å². The molecule has 220 valence electrons. The number of rotatable bonds is 15. The largest absolute Gasteiger partial charge is 0.356 e. The smallest absolute Gasteiger partial charge is 0.316 e. The molecular weight excluding hydrogens is 486 g/mol. The third kappa shape index (κ3) is 22.4. The van der Waals surface area contributed by atoms with Crippen molar-refractivity contribution in [3.63, 3.8) is 0 Å². The van der Waals surface area contributed by atoms with Crippen molar-refractivity contribution in [1.82, 2.24) is 26.6 Å². The predicted molar refractivity (Wildman–Crippen MR) is 151 cm³/mol.